The highest BCUT2D eigenvalue weighted by Gasteiger charge is 2.12. The van der Waals surface area contributed by atoms with Crippen LogP contribution in [0, 0.1) is 6.92 Å². The largest absolute Gasteiger partial charge is 0.368 e. The molecule has 0 saturated carbocycles. The van der Waals surface area contributed by atoms with E-state index < -0.39 is 0 Å². The van der Waals surface area contributed by atoms with Crippen molar-refractivity contribution in [3.63, 3.8) is 0 Å². The molecule has 0 aliphatic heterocycles. The summed E-state index contributed by atoms with van der Waals surface area (Å²) in [7, 11) is 0. The number of nitrogens with one attached hydrogen (secondary N) is 1. The third kappa shape index (κ3) is 3.44. The molecule has 4 nitrogen and oxygen atoms in total. The number of anilines is 3. The lowest BCUT2D eigenvalue weighted by Crippen LogP contribution is -2.10. The lowest BCUT2D eigenvalue weighted by atomic mass is 9.87. The van der Waals surface area contributed by atoms with Gasteiger partial charge in [0, 0.05) is 17.4 Å². The summed E-state index contributed by atoms with van der Waals surface area (Å²) >= 11 is 0. The second-order valence-corrected chi connectivity index (χ2v) is 5.71. The molecule has 0 aliphatic rings. The minimum atomic E-state index is 0.161. The van der Waals surface area contributed by atoms with Gasteiger partial charge in [0.2, 0.25) is 5.95 Å². The average molecular weight is 256 g/mol. The van der Waals surface area contributed by atoms with Crippen LogP contribution in [0.3, 0.4) is 0 Å². The SMILES string of the molecule is Cc1cc(Nc2ccc(C(C)(C)C)cc2)nc(N)n1. The van der Waals surface area contributed by atoms with E-state index in [1.54, 1.807) is 0 Å². The Morgan fingerprint density at radius 1 is 1.05 bits per heavy atom. The first-order chi connectivity index (χ1) is 8.84. The van der Waals surface area contributed by atoms with Gasteiger partial charge in [0.05, 0.1) is 0 Å². The summed E-state index contributed by atoms with van der Waals surface area (Å²) in [6.45, 7) is 8.49. The molecular weight excluding hydrogens is 236 g/mol. The van der Waals surface area contributed by atoms with Gasteiger partial charge in [-0.15, -0.1) is 0 Å². The summed E-state index contributed by atoms with van der Waals surface area (Å²) < 4.78 is 0. The van der Waals surface area contributed by atoms with Gasteiger partial charge in [-0.3, -0.25) is 0 Å². The van der Waals surface area contributed by atoms with Crippen molar-refractivity contribution in [1.82, 2.24) is 9.97 Å². The van der Waals surface area contributed by atoms with Crippen molar-refractivity contribution in [2.24, 2.45) is 0 Å². The molecule has 0 unspecified atom stereocenters. The molecule has 0 fully saturated rings. The van der Waals surface area contributed by atoms with Gasteiger partial charge < -0.3 is 11.1 Å². The first-order valence-electron chi connectivity index (χ1n) is 6.33. The van der Waals surface area contributed by atoms with Crippen LogP contribution in [0.25, 0.3) is 0 Å². The zero-order valence-corrected chi connectivity index (χ0v) is 11.9. The highest BCUT2D eigenvalue weighted by atomic mass is 15.1. The maximum atomic E-state index is 5.63. The van der Waals surface area contributed by atoms with E-state index in [1.165, 1.54) is 5.56 Å². The minimum Gasteiger partial charge on any atom is -0.368 e. The van der Waals surface area contributed by atoms with E-state index >= 15 is 0 Å². The Labute approximate surface area is 114 Å². The molecule has 19 heavy (non-hydrogen) atoms. The van der Waals surface area contributed by atoms with Crippen molar-refractivity contribution in [3.05, 3.63) is 41.6 Å². The molecule has 100 valence electrons. The van der Waals surface area contributed by atoms with Gasteiger partial charge in [0.1, 0.15) is 5.82 Å². The fourth-order valence-corrected chi connectivity index (χ4v) is 1.86. The first-order valence-corrected chi connectivity index (χ1v) is 6.33. The number of nitrogens with two attached hydrogens (primary N) is 1. The second kappa shape index (κ2) is 4.88. The molecule has 1 aromatic heterocycles. The zero-order valence-electron chi connectivity index (χ0n) is 11.9. The molecule has 0 saturated heterocycles. The molecule has 0 atom stereocenters. The second-order valence-electron chi connectivity index (χ2n) is 5.71. The van der Waals surface area contributed by atoms with Crippen LogP contribution < -0.4 is 11.1 Å². The average Bonchev–Trinajstić information content (AvgIpc) is 2.26. The van der Waals surface area contributed by atoms with Gasteiger partial charge >= 0.3 is 0 Å². The fraction of sp³-hybridized carbons (Fsp3) is 0.333. The molecule has 4 heteroatoms. The van der Waals surface area contributed by atoms with Crippen molar-refractivity contribution >= 4 is 17.5 Å². The van der Waals surface area contributed by atoms with E-state index in [0.717, 1.165) is 11.4 Å². The number of hydrogen-bond donors (Lipinski definition) is 2. The quantitative estimate of drug-likeness (QED) is 0.864. The van der Waals surface area contributed by atoms with Crippen LogP contribution in [-0.4, -0.2) is 9.97 Å². The molecular formula is C15H20N4. The van der Waals surface area contributed by atoms with Gasteiger partial charge in [-0.1, -0.05) is 32.9 Å². The van der Waals surface area contributed by atoms with Crippen molar-refractivity contribution < 1.29 is 0 Å². The molecule has 3 N–H and O–H groups in total. The van der Waals surface area contributed by atoms with E-state index in [1.807, 2.05) is 25.1 Å². The third-order valence-corrected chi connectivity index (χ3v) is 2.89. The van der Waals surface area contributed by atoms with Crippen LogP contribution >= 0.6 is 0 Å². The van der Waals surface area contributed by atoms with Gasteiger partial charge in [0.15, 0.2) is 0 Å². The Morgan fingerprint density at radius 3 is 2.21 bits per heavy atom. The van der Waals surface area contributed by atoms with E-state index in [0.29, 0.717) is 5.82 Å². The smallest absolute Gasteiger partial charge is 0.222 e. The van der Waals surface area contributed by atoms with Gasteiger partial charge in [-0.25, -0.2) is 4.98 Å². The van der Waals surface area contributed by atoms with E-state index in [2.05, 4.69) is 48.2 Å². The standard InChI is InChI=1S/C15H20N4/c1-10-9-13(19-14(16)17-10)18-12-7-5-11(6-8-12)15(2,3)4/h5-9H,1-4H3,(H3,16,17,18,19). The highest BCUT2D eigenvalue weighted by Crippen LogP contribution is 2.24. The number of nitrogen functional groups attached to an aromatic ring is 1. The van der Waals surface area contributed by atoms with Gasteiger partial charge in [-0.2, -0.15) is 4.98 Å². The number of aryl methyl sites for hydroxylation is 1. The normalized spacial score (nSPS) is 11.4. The summed E-state index contributed by atoms with van der Waals surface area (Å²) in [6, 6.07) is 10.2. The van der Waals surface area contributed by atoms with E-state index in [4.69, 9.17) is 5.73 Å². The fourth-order valence-electron chi connectivity index (χ4n) is 1.86. The van der Waals surface area contributed by atoms with Crippen LogP contribution in [0.15, 0.2) is 30.3 Å². The highest BCUT2D eigenvalue weighted by molar-refractivity contribution is 5.57. The molecule has 0 spiro atoms. The summed E-state index contributed by atoms with van der Waals surface area (Å²) in [5.74, 6) is 1.00. The molecule has 0 amide bonds. The Balaban J connectivity index is 2.20. The predicted molar refractivity (Wildman–Crippen MR) is 79.6 cm³/mol. The van der Waals surface area contributed by atoms with Crippen LogP contribution in [-0.2, 0) is 5.41 Å². The number of aromatic nitrogens is 2. The van der Waals surface area contributed by atoms with Gasteiger partial charge in [0.25, 0.3) is 0 Å². The zero-order chi connectivity index (χ0) is 14.0. The van der Waals surface area contributed by atoms with Crippen LogP contribution in [0.4, 0.5) is 17.5 Å². The van der Waals surface area contributed by atoms with Crippen LogP contribution in [0.5, 0.6) is 0 Å². The monoisotopic (exact) mass is 256 g/mol. The Kier molecular flexibility index (Phi) is 3.42. The number of hydrogen-bond acceptors (Lipinski definition) is 4. The topological polar surface area (TPSA) is 63.8 Å². The van der Waals surface area contributed by atoms with Crippen LogP contribution in [0.2, 0.25) is 0 Å². The molecule has 0 aliphatic carbocycles. The molecule has 2 aromatic rings. The molecule has 1 aromatic carbocycles. The Morgan fingerprint density at radius 2 is 1.68 bits per heavy atom. The van der Waals surface area contributed by atoms with Crippen molar-refractivity contribution in [2.45, 2.75) is 33.1 Å². The number of nitrogens with zero attached hydrogens (tertiary/aromatic N) is 2. The third-order valence-electron chi connectivity index (χ3n) is 2.89. The minimum absolute atomic E-state index is 0.161. The number of benzene rings is 1. The number of rotatable bonds is 2. The van der Waals surface area contributed by atoms with Crippen molar-refractivity contribution in [3.8, 4) is 0 Å². The van der Waals surface area contributed by atoms with Crippen LogP contribution in [0.1, 0.15) is 32.0 Å². The molecule has 1 heterocycles. The lowest BCUT2D eigenvalue weighted by molar-refractivity contribution is 0.590. The molecule has 0 radical (unpaired) electrons. The Hall–Kier alpha value is -2.10. The maximum absolute atomic E-state index is 5.63. The summed E-state index contributed by atoms with van der Waals surface area (Å²) in [4.78, 5) is 8.21. The maximum Gasteiger partial charge on any atom is 0.222 e. The predicted octanol–water partition coefficient (Wildman–Crippen LogP) is 3.41. The van der Waals surface area contributed by atoms with Gasteiger partial charge in [-0.05, 0) is 30.0 Å². The lowest BCUT2D eigenvalue weighted by Gasteiger charge is -2.19. The van der Waals surface area contributed by atoms with Crippen molar-refractivity contribution in [1.29, 1.82) is 0 Å². The summed E-state index contributed by atoms with van der Waals surface area (Å²) in [5.41, 5.74) is 8.94. The molecule has 2 rings (SSSR count). The van der Waals surface area contributed by atoms with E-state index in [-0.39, 0.29) is 11.4 Å². The summed E-state index contributed by atoms with van der Waals surface area (Å²) in [6.07, 6.45) is 0. The molecule has 0 bridgehead atoms. The van der Waals surface area contributed by atoms with E-state index in [9.17, 15) is 0 Å². The Bertz CT molecular complexity index is 547. The first kappa shape index (κ1) is 13.3. The van der Waals surface area contributed by atoms with Crippen molar-refractivity contribution in [2.75, 3.05) is 11.1 Å². The summed E-state index contributed by atoms with van der Waals surface area (Å²) in [5, 5.41) is 3.23.